The van der Waals surface area contributed by atoms with Gasteiger partial charge in [-0.1, -0.05) is 0 Å². The van der Waals surface area contributed by atoms with Gasteiger partial charge in [-0.25, -0.2) is 4.98 Å². The maximum Gasteiger partial charge on any atom is 0.326 e. The van der Waals surface area contributed by atoms with Crippen LogP contribution >= 0.6 is 15.9 Å². The molecule has 0 spiro atoms. The molecule has 0 fully saturated rings. The van der Waals surface area contributed by atoms with Gasteiger partial charge < -0.3 is 9.30 Å². The predicted octanol–water partition coefficient (Wildman–Crippen LogP) is 0.569. The summed E-state index contributed by atoms with van der Waals surface area (Å²) in [6, 6.07) is 0. The minimum atomic E-state index is -0.437. The smallest absolute Gasteiger partial charge is 0.326 e. The Morgan fingerprint density at radius 3 is 3.07 bits per heavy atom. The highest BCUT2D eigenvalue weighted by Gasteiger charge is 2.06. The highest BCUT2D eigenvalue weighted by molar-refractivity contribution is 9.10. The molecule has 76 valence electrons. The number of halogens is 1. The lowest BCUT2D eigenvalue weighted by molar-refractivity contribution is -0.143. The first-order valence-electron chi connectivity index (χ1n) is 4.01. The molecule has 0 radical (unpaired) electrons. The Labute approximate surface area is 88.8 Å². The van der Waals surface area contributed by atoms with E-state index >= 15 is 0 Å². The Hall–Kier alpha value is -1.17. The summed E-state index contributed by atoms with van der Waals surface area (Å²) in [5.41, 5.74) is -0.347. The molecule has 0 aliphatic rings. The number of nitrogens with zero attached hydrogens (tertiary/aromatic N) is 2. The van der Waals surface area contributed by atoms with Crippen molar-refractivity contribution in [3.63, 3.8) is 0 Å². The summed E-state index contributed by atoms with van der Waals surface area (Å²) < 4.78 is 6.12. The zero-order chi connectivity index (χ0) is 10.6. The molecular formula is C8H9BrN2O3. The molecule has 0 atom stereocenters. The molecule has 0 amide bonds. The fraction of sp³-hybridized carbons (Fsp3) is 0.375. The van der Waals surface area contributed by atoms with Crippen molar-refractivity contribution in [1.29, 1.82) is 0 Å². The van der Waals surface area contributed by atoms with E-state index in [1.807, 2.05) is 0 Å². The van der Waals surface area contributed by atoms with Gasteiger partial charge in [-0.15, -0.1) is 0 Å². The number of esters is 1. The standard InChI is InChI=1S/C8H9BrN2O3/c1-2-14-6(12)5-11-4-3-10-7(9)8(11)13/h3-4H,2,5H2,1H3. The second-order valence-electron chi connectivity index (χ2n) is 2.46. The normalized spacial score (nSPS) is 9.86. The van der Waals surface area contributed by atoms with Gasteiger partial charge in [0.2, 0.25) is 0 Å². The van der Waals surface area contributed by atoms with E-state index in [9.17, 15) is 9.59 Å². The number of carbonyl (C=O) groups excluding carboxylic acids is 1. The molecule has 0 unspecified atom stereocenters. The zero-order valence-electron chi connectivity index (χ0n) is 7.57. The van der Waals surface area contributed by atoms with Crippen LogP contribution in [0, 0.1) is 0 Å². The van der Waals surface area contributed by atoms with Crippen LogP contribution in [0.4, 0.5) is 0 Å². The van der Waals surface area contributed by atoms with Crippen molar-refractivity contribution in [3.05, 3.63) is 27.4 Å². The third-order valence-corrected chi connectivity index (χ3v) is 2.02. The fourth-order valence-corrected chi connectivity index (χ4v) is 1.24. The maximum atomic E-state index is 11.4. The van der Waals surface area contributed by atoms with E-state index in [0.29, 0.717) is 6.61 Å². The Balaban J connectivity index is 2.82. The molecule has 0 saturated heterocycles. The van der Waals surface area contributed by atoms with E-state index in [4.69, 9.17) is 4.74 Å². The molecule has 0 saturated carbocycles. The summed E-state index contributed by atoms with van der Waals surface area (Å²) in [4.78, 5) is 26.1. The number of hydrogen-bond donors (Lipinski definition) is 0. The average Bonchev–Trinajstić information content (AvgIpc) is 2.13. The zero-order valence-corrected chi connectivity index (χ0v) is 9.15. The number of carbonyl (C=O) groups is 1. The van der Waals surface area contributed by atoms with Crippen molar-refractivity contribution in [2.24, 2.45) is 0 Å². The Bertz CT molecular complexity index is 388. The van der Waals surface area contributed by atoms with Gasteiger partial charge in [0.15, 0.2) is 4.60 Å². The van der Waals surface area contributed by atoms with Crippen LogP contribution in [-0.2, 0) is 16.1 Å². The van der Waals surface area contributed by atoms with Gasteiger partial charge in [0, 0.05) is 12.4 Å². The molecule has 5 nitrogen and oxygen atoms in total. The molecule has 1 aromatic heterocycles. The van der Waals surface area contributed by atoms with Crippen LogP contribution in [0.2, 0.25) is 0 Å². The van der Waals surface area contributed by atoms with E-state index in [1.54, 1.807) is 6.92 Å². The number of rotatable bonds is 3. The molecular weight excluding hydrogens is 252 g/mol. The molecule has 6 heteroatoms. The Morgan fingerprint density at radius 2 is 2.43 bits per heavy atom. The molecule has 0 aliphatic heterocycles. The van der Waals surface area contributed by atoms with Gasteiger partial charge in [-0.05, 0) is 22.9 Å². The van der Waals surface area contributed by atoms with Crippen molar-refractivity contribution in [1.82, 2.24) is 9.55 Å². The Kier molecular flexibility index (Phi) is 3.82. The lowest BCUT2D eigenvalue weighted by Gasteiger charge is -2.04. The lowest BCUT2D eigenvalue weighted by atomic mass is 10.6. The van der Waals surface area contributed by atoms with Crippen LogP contribution < -0.4 is 5.56 Å². The highest BCUT2D eigenvalue weighted by atomic mass is 79.9. The van der Waals surface area contributed by atoms with Gasteiger partial charge in [0.05, 0.1) is 6.61 Å². The van der Waals surface area contributed by atoms with E-state index < -0.39 is 5.97 Å². The average molecular weight is 261 g/mol. The molecule has 0 aromatic carbocycles. The van der Waals surface area contributed by atoms with Crippen molar-refractivity contribution >= 4 is 21.9 Å². The lowest BCUT2D eigenvalue weighted by Crippen LogP contribution is -2.25. The maximum absolute atomic E-state index is 11.4. The van der Waals surface area contributed by atoms with Gasteiger partial charge in [0.25, 0.3) is 5.56 Å². The quantitative estimate of drug-likeness (QED) is 0.746. The number of hydrogen-bond acceptors (Lipinski definition) is 4. The minimum absolute atomic E-state index is 0.0895. The summed E-state index contributed by atoms with van der Waals surface area (Å²) in [7, 11) is 0. The van der Waals surface area contributed by atoms with Gasteiger partial charge in [-0.3, -0.25) is 9.59 Å². The van der Waals surface area contributed by atoms with Crippen LogP contribution in [0.15, 0.2) is 21.8 Å². The molecule has 1 rings (SSSR count). The van der Waals surface area contributed by atoms with E-state index in [0.717, 1.165) is 0 Å². The first-order chi connectivity index (χ1) is 6.65. The third-order valence-electron chi connectivity index (χ3n) is 1.48. The first-order valence-corrected chi connectivity index (χ1v) is 4.81. The van der Waals surface area contributed by atoms with Gasteiger partial charge >= 0.3 is 5.97 Å². The predicted molar refractivity (Wildman–Crippen MR) is 52.8 cm³/mol. The molecule has 0 bridgehead atoms. The molecule has 1 heterocycles. The molecule has 0 aliphatic carbocycles. The largest absolute Gasteiger partial charge is 0.465 e. The summed E-state index contributed by atoms with van der Waals surface area (Å²) in [6.45, 7) is 1.93. The van der Waals surface area contributed by atoms with Crippen LogP contribution in [-0.4, -0.2) is 22.1 Å². The van der Waals surface area contributed by atoms with E-state index in [1.165, 1.54) is 17.0 Å². The number of ether oxygens (including phenoxy) is 1. The minimum Gasteiger partial charge on any atom is -0.465 e. The summed E-state index contributed by atoms with van der Waals surface area (Å²) >= 11 is 2.98. The van der Waals surface area contributed by atoms with E-state index in [2.05, 4.69) is 20.9 Å². The monoisotopic (exact) mass is 260 g/mol. The Morgan fingerprint density at radius 1 is 1.71 bits per heavy atom. The van der Waals surface area contributed by atoms with Gasteiger partial charge in [0.1, 0.15) is 6.54 Å². The van der Waals surface area contributed by atoms with Crippen molar-refractivity contribution < 1.29 is 9.53 Å². The summed E-state index contributed by atoms with van der Waals surface area (Å²) in [5.74, 6) is -0.437. The molecule has 1 aromatic rings. The van der Waals surface area contributed by atoms with Crippen molar-refractivity contribution in [2.45, 2.75) is 13.5 Å². The van der Waals surface area contributed by atoms with Crippen molar-refractivity contribution in [2.75, 3.05) is 6.61 Å². The van der Waals surface area contributed by atoms with Crippen LogP contribution in [0.5, 0.6) is 0 Å². The third kappa shape index (κ3) is 2.66. The fourth-order valence-electron chi connectivity index (χ4n) is 0.891. The van der Waals surface area contributed by atoms with Crippen LogP contribution in [0.25, 0.3) is 0 Å². The second-order valence-corrected chi connectivity index (χ2v) is 3.21. The molecule has 0 N–H and O–H groups in total. The summed E-state index contributed by atoms with van der Waals surface area (Å²) in [6.07, 6.45) is 2.87. The summed E-state index contributed by atoms with van der Waals surface area (Å²) in [5, 5.41) is 0. The topological polar surface area (TPSA) is 61.2 Å². The van der Waals surface area contributed by atoms with E-state index in [-0.39, 0.29) is 16.7 Å². The second kappa shape index (κ2) is 4.90. The first kappa shape index (κ1) is 10.9. The molecule has 14 heavy (non-hydrogen) atoms. The van der Waals surface area contributed by atoms with Crippen molar-refractivity contribution in [3.8, 4) is 0 Å². The SMILES string of the molecule is CCOC(=O)Cn1ccnc(Br)c1=O. The number of aromatic nitrogens is 2. The van der Waals surface area contributed by atoms with Gasteiger partial charge in [-0.2, -0.15) is 0 Å². The van der Waals surface area contributed by atoms with Crippen LogP contribution in [0.1, 0.15) is 6.92 Å². The van der Waals surface area contributed by atoms with Crippen LogP contribution in [0.3, 0.4) is 0 Å². The highest BCUT2D eigenvalue weighted by Crippen LogP contribution is 1.95.